The number of piperazine rings is 1. The Labute approximate surface area is 153 Å². The van der Waals surface area contributed by atoms with Crippen molar-refractivity contribution in [3.05, 3.63) is 46.2 Å². The zero-order chi connectivity index (χ0) is 16.9. The van der Waals surface area contributed by atoms with Gasteiger partial charge >= 0.3 is 0 Å². The highest BCUT2D eigenvalue weighted by Crippen LogP contribution is 2.16. The van der Waals surface area contributed by atoms with Gasteiger partial charge in [0.25, 0.3) is 5.91 Å². The van der Waals surface area contributed by atoms with E-state index in [1.807, 2.05) is 0 Å². The normalized spacial score (nSPS) is 14.6. The van der Waals surface area contributed by atoms with Crippen LogP contribution in [0.25, 0.3) is 0 Å². The van der Waals surface area contributed by atoms with E-state index in [1.165, 1.54) is 0 Å². The zero-order valence-electron chi connectivity index (χ0n) is 12.9. The number of aromatic nitrogens is 2. The summed E-state index contributed by atoms with van der Waals surface area (Å²) in [7, 11) is 0. The largest absolute Gasteiger partial charge is 0.484 e. The average Bonchev–Trinajstić information content (AvgIpc) is 2.62. The molecule has 24 heavy (non-hydrogen) atoms. The molecule has 1 aromatic heterocycles. The third kappa shape index (κ3) is 4.36. The number of rotatable bonds is 4. The van der Waals surface area contributed by atoms with E-state index in [-0.39, 0.29) is 12.5 Å². The van der Waals surface area contributed by atoms with Gasteiger partial charge in [0, 0.05) is 43.6 Å². The van der Waals surface area contributed by atoms with E-state index in [2.05, 4.69) is 30.8 Å². The molecule has 2 heterocycles. The molecule has 0 N–H and O–H groups in total. The van der Waals surface area contributed by atoms with Gasteiger partial charge < -0.3 is 14.5 Å². The minimum Gasteiger partial charge on any atom is -0.484 e. The minimum absolute atomic E-state index is 0.0242. The van der Waals surface area contributed by atoms with Gasteiger partial charge in [-0.25, -0.2) is 9.97 Å². The molecule has 0 radical (unpaired) electrons. The second-order valence-corrected chi connectivity index (χ2v) is 6.66. The molecule has 1 aliphatic rings. The van der Waals surface area contributed by atoms with Gasteiger partial charge in [0.2, 0.25) is 5.95 Å². The van der Waals surface area contributed by atoms with Crippen molar-refractivity contribution in [1.29, 1.82) is 0 Å². The maximum absolute atomic E-state index is 12.2. The second kappa shape index (κ2) is 7.81. The molecular formula is C16H16BrClN4O2. The van der Waals surface area contributed by atoms with Gasteiger partial charge in [-0.15, -0.1) is 0 Å². The molecule has 1 amide bonds. The molecule has 1 fully saturated rings. The fourth-order valence-electron chi connectivity index (χ4n) is 2.39. The van der Waals surface area contributed by atoms with Crippen molar-refractivity contribution in [3.8, 4) is 5.75 Å². The van der Waals surface area contributed by atoms with E-state index in [4.69, 9.17) is 16.3 Å². The third-order valence-corrected chi connectivity index (χ3v) is 4.36. The zero-order valence-corrected chi connectivity index (χ0v) is 15.2. The molecule has 3 rings (SSSR count). The Morgan fingerprint density at radius 2 is 1.75 bits per heavy atom. The number of benzene rings is 1. The standard InChI is InChI=1S/C16H16BrClN4O2/c17-12-9-19-16(20-10-12)22-7-5-21(6-8-22)15(23)11-24-14-3-1-13(18)2-4-14/h1-4,9-10H,5-8,11H2. The lowest BCUT2D eigenvalue weighted by molar-refractivity contribution is -0.133. The average molecular weight is 412 g/mol. The van der Waals surface area contributed by atoms with E-state index in [0.29, 0.717) is 42.9 Å². The number of halogens is 2. The first-order valence-electron chi connectivity index (χ1n) is 7.50. The Balaban J connectivity index is 1.48. The van der Waals surface area contributed by atoms with Crippen LogP contribution >= 0.6 is 27.5 Å². The number of ether oxygens (including phenoxy) is 1. The predicted molar refractivity (Wildman–Crippen MR) is 95.5 cm³/mol. The summed E-state index contributed by atoms with van der Waals surface area (Å²) < 4.78 is 6.35. The Morgan fingerprint density at radius 3 is 2.38 bits per heavy atom. The number of anilines is 1. The lowest BCUT2D eigenvalue weighted by atomic mass is 10.3. The fourth-order valence-corrected chi connectivity index (χ4v) is 2.72. The molecular weight excluding hydrogens is 396 g/mol. The van der Waals surface area contributed by atoms with Crippen LogP contribution in [0, 0.1) is 0 Å². The monoisotopic (exact) mass is 410 g/mol. The lowest BCUT2D eigenvalue weighted by Gasteiger charge is -2.34. The first-order valence-corrected chi connectivity index (χ1v) is 8.67. The summed E-state index contributed by atoms with van der Waals surface area (Å²) in [5, 5.41) is 0.639. The number of hydrogen-bond donors (Lipinski definition) is 0. The number of carbonyl (C=O) groups is 1. The van der Waals surface area contributed by atoms with Crippen LogP contribution < -0.4 is 9.64 Å². The first kappa shape index (κ1) is 17.0. The molecule has 0 saturated carbocycles. The highest BCUT2D eigenvalue weighted by molar-refractivity contribution is 9.10. The Hall–Kier alpha value is -1.86. The van der Waals surface area contributed by atoms with Gasteiger partial charge in [0.1, 0.15) is 5.75 Å². The topological polar surface area (TPSA) is 58.6 Å². The van der Waals surface area contributed by atoms with Crippen LogP contribution in [0.15, 0.2) is 41.1 Å². The van der Waals surface area contributed by atoms with Crippen LogP contribution in [-0.2, 0) is 4.79 Å². The molecule has 0 spiro atoms. The van der Waals surface area contributed by atoms with Crippen molar-refractivity contribution < 1.29 is 9.53 Å². The minimum atomic E-state index is -0.0266. The van der Waals surface area contributed by atoms with Crippen molar-refractivity contribution >= 4 is 39.4 Å². The lowest BCUT2D eigenvalue weighted by Crippen LogP contribution is -2.50. The maximum Gasteiger partial charge on any atom is 0.260 e. The van der Waals surface area contributed by atoms with Gasteiger partial charge in [-0.3, -0.25) is 4.79 Å². The molecule has 0 atom stereocenters. The molecule has 1 aromatic carbocycles. The van der Waals surface area contributed by atoms with Gasteiger partial charge in [-0.05, 0) is 40.2 Å². The van der Waals surface area contributed by atoms with Crippen LogP contribution in [0.5, 0.6) is 5.75 Å². The number of amides is 1. The van der Waals surface area contributed by atoms with Crippen molar-refractivity contribution in [1.82, 2.24) is 14.9 Å². The fraction of sp³-hybridized carbons (Fsp3) is 0.312. The van der Waals surface area contributed by atoms with E-state index < -0.39 is 0 Å². The summed E-state index contributed by atoms with van der Waals surface area (Å²) in [6.45, 7) is 2.68. The Kier molecular flexibility index (Phi) is 5.52. The SMILES string of the molecule is O=C(COc1ccc(Cl)cc1)N1CCN(c2ncc(Br)cn2)CC1. The van der Waals surface area contributed by atoms with Gasteiger partial charge in [0.05, 0.1) is 4.47 Å². The summed E-state index contributed by atoms with van der Waals surface area (Å²) in [6, 6.07) is 6.97. The Bertz CT molecular complexity index is 688. The molecule has 126 valence electrons. The second-order valence-electron chi connectivity index (χ2n) is 5.31. The van der Waals surface area contributed by atoms with E-state index in [9.17, 15) is 4.79 Å². The van der Waals surface area contributed by atoms with Crippen LogP contribution in [0.4, 0.5) is 5.95 Å². The summed E-state index contributed by atoms with van der Waals surface area (Å²) >= 11 is 9.14. The molecule has 8 heteroatoms. The molecule has 2 aromatic rings. The van der Waals surface area contributed by atoms with Gasteiger partial charge in [-0.1, -0.05) is 11.6 Å². The van der Waals surface area contributed by atoms with Crippen LogP contribution in [-0.4, -0.2) is 53.6 Å². The van der Waals surface area contributed by atoms with Crippen molar-refractivity contribution in [3.63, 3.8) is 0 Å². The third-order valence-electron chi connectivity index (χ3n) is 3.70. The summed E-state index contributed by atoms with van der Waals surface area (Å²) in [5.41, 5.74) is 0. The van der Waals surface area contributed by atoms with Crippen molar-refractivity contribution in [2.75, 3.05) is 37.7 Å². The summed E-state index contributed by atoms with van der Waals surface area (Å²) in [4.78, 5) is 24.7. The maximum atomic E-state index is 12.2. The van der Waals surface area contributed by atoms with Crippen molar-refractivity contribution in [2.45, 2.75) is 0 Å². The molecule has 0 aliphatic carbocycles. The van der Waals surface area contributed by atoms with E-state index in [0.717, 1.165) is 4.47 Å². The highest BCUT2D eigenvalue weighted by atomic mass is 79.9. The summed E-state index contributed by atoms with van der Waals surface area (Å²) in [5.74, 6) is 1.29. The molecule has 0 bridgehead atoms. The molecule has 1 aliphatic heterocycles. The number of carbonyl (C=O) groups excluding carboxylic acids is 1. The van der Waals surface area contributed by atoms with Gasteiger partial charge in [0.15, 0.2) is 6.61 Å². The van der Waals surface area contributed by atoms with Crippen LogP contribution in [0.1, 0.15) is 0 Å². The van der Waals surface area contributed by atoms with E-state index >= 15 is 0 Å². The Morgan fingerprint density at radius 1 is 1.12 bits per heavy atom. The van der Waals surface area contributed by atoms with Gasteiger partial charge in [-0.2, -0.15) is 0 Å². The quantitative estimate of drug-likeness (QED) is 0.774. The number of hydrogen-bond acceptors (Lipinski definition) is 5. The van der Waals surface area contributed by atoms with Crippen LogP contribution in [0.2, 0.25) is 5.02 Å². The van der Waals surface area contributed by atoms with E-state index in [1.54, 1.807) is 41.6 Å². The predicted octanol–water partition coefficient (Wildman–Crippen LogP) is 2.62. The molecule has 1 saturated heterocycles. The molecule has 0 unspecified atom stereocenters. The number of nitrogens with zero attached hydrogens (tertiary/aromatic N) is 4. The first-order chi connectivity index (χ1) is 11.6. The smallest absolute Gasteiger partial charge is 0.260 e. The summed E-state index contributed by atoms with van der Waals surface area (Å²) in [6.07, 6.45) is 3.44. The van der Waals surface area contributed by atoms with Crippen LogP contribution in [0.3, 0.4) is 0 Å². The molecule has 6 nitrogen and oxygen atoms in total. The highest BCUT2D eigenvalue weighted by Gasteiger charge is 2.22. The van der Waals surface area contributed by atoms with Crippen molar-refractivity contribution in [2.24, 2.45) is 0 Å².